The first-order valence-electron chi connectivity index (χ1n) is 2.64. The Morgan fingerprint density at radius 1 is 1.38 bits per heavy atom. The molecule has 0 aromatic carbocycles. The van der Waals surface area contributed by atoms with Gasteiger partial charge in [0, 0.05) is 12.1 Å². The van der Waals surface area contributed by atoms with E-state index in [1.807, 2.05) is 6.92 Å². The fourth-order valence-electron chi connectivity index (χ4n) is 0.559. The minimum atomic E-state index is 0.649. The van der Waals surface area contributed by atoms with E-state index in [1.165, 1.54) is 0 Å². The first kappa shape index (κ1) is 5.28. The maximum Gasteiger partial charge on any atom is 0.122 e. The number of rotatable bonds is 0. The summed E-state index contributed by atoms with van der Waals surface area (Å²) < 4.78 is 0. The molecular weight excluding hydrogens is 102 g/mol. The Bertz CT molecular complexity index is 128. The van der Waals surface area contributed by atoms with Crippen LogP contribution >= 0.6 is 0 Å². The fourth-order valence-corrected chi connectivity index (χ4v) is 0.559. The van der Waals surface area contributed by atoms with E-state index in [1.54, 1.807) is 0 Å². The standard InChI is InChI=1S/C5H9N3/c1-4-2-3-5(6)8-7-4/h2-3H2,1H3,(H2,6,8). The molecule has 0 radical (unpaired) electrons. The molecule has 1 heterocycles. The average molecular weight is 111 g/mol. The van der Waals surface area contributed by atoms with Crippen molar-refractivity contribution in [1.82, 2.24) is 0 Å². The molecular formula is C5H9N3. The third kappa shape index (κ3) is 1.05. The summed E-state index contributed by atoms with van der Waals surface area (Å²) in [5.74, 6) is 0.649. The van der Waals surface area contributed by atoms with Gasteiger partial charge in [0.2, 0.25) is 0 Å². The molecule has 0 aromatic heterocycles. The molecule has 0 amide bonds. The van der Waals surface area contributed by atoms with Gasteiger partial charge in [0.1, 0.15) is 5.84 Å². The molecule has 0 atom stereocenters. The second-order valence-corrected chi connectivity index (χ2v) is 1.93. The van der Waals surface area contributed by atoms with Gasteiger partial charge >= 0.3 is 0 Å². The van der Waals surface area contributed by atoms with Crippen molar-refractivity contribution in [2.75, 3.05) is 0 Å². The zero-order valence-electron chi connectivity index (χ0n) is 4.89. The van der Waals surface area contributed by atoms with Gasteiger partial charge in [0.15, 0.2) is 0 Å². The van der Waals surface area contributed by atoms with Gasteiger partial charge in [-0.05, 0) is 13.3 Å². The molecule has 0 aliphatic carbocycles. The average Bonchev–Trinajstić information content (AvgIpc) is 1.77. The quantitative estimate of drug-likeness (QED) is 0.486. The fraction of sp³-hybridized carbons (Fsp3) is 0.600. The van der Waals surface area contributed by atoms with Crippen molar-refractivity contribution in [3.8, 4) is 0 Å². The lowest BCUT2D eigenvalue weighted by Crippen LogP contribution is -2.15. The largest absolute Gasteiger partial charge is 0.386 e. The summed E-state index contributed by atoms with van der Waals surface area (Å²) in [6, 6.07) is 0. The highest BCUT2D eigenvalue weighted by Crippen LogP contribution is 1.99. The van der Waals surface area contributed by atoms with Gasteiger partial charge in [-0.15, -0.1) is 5.10 Å². The highest BCUT2D eigenvalue weighted by atomic mass is 15.2. The topological polar surface area (TPSA) is 50.7 Å². The lowest BCUT2D eigenvalue weighted by Gasteiger charge is -2.02. The van der Waals surface area contributed by atoms with E-state index in [4.69, 9.17) is 5.73 Å². The normalized spacial score (nSPS) is 19.6. The first-order valence-corrected chi connectivity index (χ1v) is 2.64. The van der Waals surface area contributed by atoms with E-state index in [2.05, 4.69) is 10.2 Å². The van der Waals surface area contributed by atoms with Crippen molar-refractivity contribution in [2.45, 2.75) is 19.8 Å². The number of nitrogens with two attached hydrogens (primary N) is 1. The van der Waals surface area contributed by atoms with Crippen molar-refractivity contribution in [3.63, 3.8) is 0 Å². The summed E-state index contributed by atoms with van der Waals surface area (Å²) in [5, 5.41) is 7.48. The van der Waals surface area contributed by atoms with Crippen LogP contribution < -0.4 is 5.73 Å². The SMILES string of the molecule is CC1=NN=C(N)CC1. The molecule has 1 aliphatic heterocycles. The second kappa shape index (κ2) is 1.94. The smallest absolute Gasteiger partial charge is 0.122 e. The molecule has 1 rings (SSSR count). The third-order valence-corrected chi connectivity index (χ3v) is 1.09. The van der Waals surface area contributed by atoms with Crippen molar-refractivity contribution in [2.24, 2.45) is 15.9 Å². The van der Waals surface area contributed by atoms with E-state index in [0.29, 0.717) is 5.84 Å². The summed E-state index contributed by atoms with van der Waals surface area (Å²) in [5.41, 5.74) is 6.41. The molecule has 44 valence electrons. The monoisotopic (exact) mass is 111 g/mol. The maximum absolute atomic E-state index is 5.34. The third-order valence-electron chi connectivity index (χ3n) is 1.09. The molecule has 0 saturated heterocycles. The first-order chi connectivity index (χ1) is 3.79. The van der Waals surface area contributed by atoms with Crippen LogP contribution in [0.1, 0.15) is 19.8 Å². The number of amidine groups is 1. The van der Waals surface area contributed by atoms with E-state index < -0.39 is 0 Å². The van der Waals surface area contributed by atoms with Crippen LogP contribution in [-0.4, -0.2) is 11.5 Å². The van der Waals surface area contributed by atoms with Crippen LogP contribution in [0.15, 0.2) is 10.2 Å². The Morgan fingerprint density at radius 2 is 2.12 bits per heavy atom. The van der Waals surface area contributed by atoms with E-state index in [9.17, 15) is 0 Å². The van der Waals surface area contributed by atoms with Gasteiger partial charge < -0.3 is 5.73 Å². The van der Waals surface area contributed by atoms with Gasteiger partial charge in [-0.2, -0.15) is 5.10 Å². The molecule has 3 nitrogen and oxygen atoms in total. The zero-order valence-corrected chi connectivity index (χ0v) is 4.89. The lowest BCUT2D eigenvalue weighted by molar-refractivity contribution is 1.02. The van der Waals surface area contributed by atoms with E-state index in [0.717, 1.165) is 18.6 Å². The highest BCUT2D eigenvalue weighted by Gasteiger charge is 1.99. The van der Waals surface area contributed by atoms with Crippen LogP contribution in [0.4, 0.5) is 0 Å². The predicted molar refractivity (Wildman–Crippen MR) is 34.0 cm³/mol. The summed E-state index contributed by atoms with van der Waals surface area (Å²) in [7, 11) is 0. The Hall–Kier alpha value is -0.860. The van der Waals surface area contributed by atoms with Crippen LogP contribution in [-0.2, 0) is 0 Å². The molecule has 0 bridgehead atoms. The van der Waals surface area contributed by atoms with Gasteiger partial charge in [0.05, 0.1) is 0 Å². The minimum Gasteiger partial charge on any atom is -0.386 e. The molecule has 0 aromatic rings. The zero-order chi connectivity index (χ0) is 5.98. The van der Waals surface area contributed by atoms with Crippen LogP contribution in [0, 0.1) is 0 Å². The Balaban J connectivity index is 2.65. The van der Waals surface area contributed by atoms with Crippen LogP contribution in [0.5, 0.6) is 0 Å². The summed E-state index contributed by atoms with van der Waals surface area (Å²) in [6.45, 7) is 1.95. The molecule has 0 saturated carbocycles. The van der Waals surface area contributed by atoms with Gasteiger partial charge in [-0.3, -0.25) is 0 Å². The van der Waals surface area contributed by atoms with E-state index >= 15 is 0 Å². The number of nitrogens with zero attached hydrogens (tertiary/aromatic N) is 2. The maximum atomic E-state index is 5.34. The van der Waals surface area contributed by atoms with Crippen molar-refractivity contribution >= 4 is 11.5 Å². The Morgan fingerprint density at radius 3 is 2.50 bits per heavy atom. The molecule has 1 aliphatic rings. The van der Waals surface area contributed by atoms with Gasteiger partial charge in [0.25, 0.3) is 0 Å². The molecule has 0 fully saturated rings. The van der Waals surface area contributed by atoms with Crippen molar-refractivity contribution in [3.05, 3.63) is 0 Å². The van der Waals surface area contributed by atoms with Crippen LogP contribution in [0.2, 0.25) is 0 Å². The summed E-state index contributed by atoms with van der Waals surface area (Å²) in [6.07, 6.45) is 1.84. The minimum absolute atomic E-state index is 0.649. The second-order valence-electron chi connectivity index (χ2n) is 1.93. The highest BCUT2D eigenvalue weighted by molar-refractivity contribution is 5.91. The number of hydrogen-bond donors (Lipinski definition) is 1. The number of hydrogen-bond acceptors (Lipinski definition) is 3. The summed E-state index contributed by atoms with van der Waals surface area (Å²) >= 11 is 0. The Kier molecular flexibility index (Phi) is 1.28. The van der Waals surface area contributed by atoms with Crippen LogP contribution in [0.3, 0.4) is 0 Å². The lowest BCUT2D eigenvalue weighted by atomic mass is 10.2. The van der Waals surface area contributed by atoms with Gasteiger partial charge in [-0.25, -0.2) is 0 Å². The molecule has 2 N–H and O–H groups in total. The van der Waals surface area contributed by atoms with Crippen molar-refractivity contribution < 1.29 is 0 Å². The molecule has 8 heavy (non-hydrogen) atoms. The van der Waals surface area contributed by atoms with Crippen LogP contribution in [0.25, 0.3) is 0 Å². The van der Waals surface area contributed by atoms with E-state index in [-0.39, 0.29) is 0 Å². The van der Waals surface area contributed by atoms with Gasteiger partial charge in [-0.1, -0.05) is 0 Å². The molecule has 0 spiro atoms. The molecule has 3 heteroatoms. The summed E-state index contributed by atoms with van der Waals surface area (Å²) in [4.78, 5) is 0. The molecule has 0 unspecified atom stereocenters. The predicted octanol–water partition coefficient (Wildman–Crippen LogP) is 0.513. The van der Waals surface area contributed by atoms with Crippen molar-refractivity contribution in [1.29, 1.82) is 0 Å². The Labute approximate surface area is 48.3 Å².